The number of amides is 1. The molecule has 1 N–H and O–H groups in total. The van der Waals surface area contributed by atoms with Gasteiger partial charge in [-0.15, -0.1) is 0 Å². The third-order valence-electron chi connectivity index (χ3n) is 4.00. The summed E-state index contributed by atoms with van der Waals surface area (Å²) in [7, 11) is 0. The zero-order valence-electron chi connectivity index (χ0n) is 12.4. The topological polar surface area (TPSA) is 60.9 Å². The van der Waals surface area contributed by atoms with Crippen molar-refractivity contribution in [2.45, 2.75) is 19.8 Å². The number of likely N-dealkylation sites (N-methyl/N-ethyl adjacent to an activating group) is 1. The fraction of sp³-hybridized carbons (Fsp3) is 0.500. The van der Waals surface area contributed by atoms with Crippen molar-refractivity contribution in [3.05, 3.63) is 35.4 Å². The van der Waals surface area contributed by atoms with E-state index in [0.717, 1.165) is 38.3 Å². The second-order valence-electron chi connectivity index (χ2n) is 5.32. The summed E-state index contributed by atoms with van der Waals surface area (Å²) in [4.78, 5) is 27.2. The Morgan fingerprint density at radius 1 is 1.10 bits per heavy atom. The van der Waals surface area contributed by atoms with Gasteiger partial charge in [0.25, 0.3) is 0 Å². The zero-order chi connectivity index (χ0) is 15.2. The fourth-order valence-electron chi connectivity index (χ4n) is 2.54. The molecule has 0 aliphatic carbocycles. The summed E-state index contributed by atoms with van der Waals surface area (Å²) >= 11 is 0. The van der Waals surface area contributed by atoms with Crippen LogP contribution in [-0.2, 0) is 11.2 Å². The van der Waals surface area contributed by atoms with Crippen LogP contribution in [0.15, 0.2) is 24.3 Å². The van der Waals surface area contributed by atoms with Gasteiger partial charge in [0.05, 0.1) is 5.56 Å². The molecule has 1 aromatic rings. The Morgan fingerprint density at radius 3 is 2.24 bits per heavy atom. The van der Waals surface area contributed by atoms with Gasteiger partial charge in [-0.1, -0.05) is 19.1 Å². The molecular weight excluding hydrogens is 268 g/mol. The predicted octanol–water partition coefficient (Wildman–Crippen LogP) is 1.48. The standard InChI is InChI=1S/C16H22N2O3/c1-2-17-9-11-18(12-10-17)15(19)8-5-13-3-6-14(7-4-13)16(20)21/h3-4,6-7H,2,5,8-12H2,1H3,(H,20,21). The Labute approximate surface area is 125 Å². The van der Waals surface area contributed by atoms with Crippen LogP contribution in [0.5, 0.6) is 0 Å². The highest BCUT2D eigenvalue weighted by molar-refractivity contribution is 5.87. The Kier molecular flexibility index (Phi) is 5.33. The lowest BCUT2D eigenvalue weighted by Gasteiger charge is -2.34. The maximum atomic E-state index is 12.2. The zero-order valence-corrected chi connectivity index (χ0v) is 12.4. The predicted molar refractivity (Wildman–Crippen MR) is 80.4 cm³/mol. The van der Waals surface area contributed by atoms with Gasteiger partial charge in [0.2, 0.25) is 5.91 Å². The van der Waals surface area contributed by atoms with E-state index in [0.29, 0.717) is 12.8 Å². The third kappa shape index (κ3) is 4.29. The van der Waals surface area contributed by atoms with Gasteiger partial charge in [0.15, 0.2) is 0 Å². The first kappa shape index (κ1) is 15.5. The summed E-state index contributed by atoms with van der Waals surface area (Å²) in [5.74, 6) is -0.737. The number of carboxylic acid groups (broad SMARTS) is 1. The molecule has 0 spiro atoms. The smallest absolute Gasteiger partial charge is 0.335 e. The summed E-state index contributed by atoms with van der Waals surface area (Å²) in [6.07, 6.45) is 1.14. The minimum atomic E-state index is -0.925. The van der Waals surface area contributed by atoms with E-state index in [1.807, 2.05) is 4.90 Å². The van der Waals surface area contributed by atoms with E-state index < -0.39 is 5.97 Å². The molecule has 1 amide bonds. The number of carbonyl (C=O) groups is 2. The first-order valence-electron chi connectivity index (χ1n) is 7.42. The van der Waals surface area contributed by atoms with Gasteiger partial charge in [-0.2, -0.15) is 0 Å². The van der Waals surface area contributed by atoms with Crippen LogP contribution in [0.2, 0.25) is 0 Å². The molecule has 1 saturated heterocycles. The molecule has 1 aliphatic heterocycles. The van der Waals surface area contributed by atoms with Crippen molar-refractivity contribution in [3.8, 4) is 0 Å². The lowest BCUT2D eigenvalue weighted by Crippen LogP contribution is -2.48. The van der Waals surface area contributed by atoms with Gasteiger partial charge in [0, 0.05) is 32.6 Å². The van der Waals surface area contributed by atoms with Crippen LogP contribution in [0.25, 0.3) is 0 Å². The normalized spacial score (nSPS) is 16.0. The largest absolute Gasteiger partial charge is 0.478 e. The van der Waals surface area contributed by atoms with Crippen molar-refractivity contribution >= 4 is 11.9 Å². The molecular formula is C16H22N2O3. The lowest BCUT2D eigenvalue weighted by atomic mass is 10.1. The highest BCUT2D eigenvalue weighted by atomic mass is 16.4. The number of rotatable bonds is 5. The fourth-order valence-corrected chi connectivity index (χ4v) is 2.54. The molecule has 1 fully saturated rings. The summed E-state index contributed by atoms with van der Waals surface area (Å²) in [5, 5.41) is 8.84. The van der Waals surface area contributed by atoms with Gasteiger partial charge in [-0.05, 0) is 30.7 Å². The van der Waals surface area contributed by atoms with Crippen LogP contribution in [0.3, 0.4) is 0 Å². The van der Waals surface area contributed by atoms with Crippen LogP contribution < -0.4 is 0 Å². The minimum Gasteiger partial charge on any atom is -0.478 e. The summed E-state index contributed by atoms with van der Waals surface area (Å²) in [6.45, 7) is 6.70. The highest BCUT2D eigenvalue weighted by Gasteiger charge is 2.19. The molecule has 0 radical (unpaired) electrons. The number of aryl methyl sites for hydroxylation is 1. The number of hydrogen-bond donors (Lipinski definition) is 1. The second kappa shape index (κ2) is 7.22. The molecule has 5 heteroatoms. The maximum Gasteiger partial charge on any atom is 0.335 e. The van der Waals surface area contributed by atoms with E-state index in [9.17, 15) is 9.59 Å². The Hall–Kier alpha value is -1.88. The third-order valence-corrected chi connectivity index (χ3v) is 4.00. The Morgan fingerprint density at radius 2 is 1.71 bits per heavy atom. The summed E-state index contributed by atoms with van der Waals surface area (Å²) < 4.78 is 0. The Balaban J connectivity index is 1.80. The molecule has 1 aliphatic rings. The molecule has 21 heavy (non-hydrogen) atoms. The van der Waals surface area contributed by atoms with Gasteiger partial charge < -0.3 is 14.9 Å². The second-order valence-corrected chi connectivity index (χ2v) is 5.32. The number of aromatic carboxylic acids is 1. The van der Waals surface area contributed by atoms with Crippen LogP contribution in [0, 0.1) is 0 Å². The molecule has 5 nitrogen and oxygen atoms in total. The summed E-state index contributed by atoms with van der Waals surface area (Å²) in [6, 6.07) is 6.74. The van der Waals surface area contributed by atoms with Crippen LogP contribution in [-0.4, -0.2) is 59.5 Å². The molecule has 114 valence electrons. The van der Waals surface area contributed by atoms with Crippen molar-refractivity contribution < 1.29 is 14.7 Å². The number of carbonyl (C=O) groups excluding carboxylic acids is 1. The lowest BCUT2D eigenvalue weighted by molar-refractivity contribution is -0.132. The van der Waals surface area contributed by atoms with Gasteiger partial charge >= 0.3 is 5.97 Å². The molecule has 0 aromatic heterocycles. The first-order chi connectivity index (χ1) is 10.1. The molecule has 0 bridgehead atoms. The first-order valence-corrected chi connectivity index (χ1v) is 7.42. The van der Waals surface area contributed by atoms with Gasteiger partial charge in [0.1, 0.15) is 0 Å². The minimum absolute atomic E-state index is 0.188. The number of hydrogen-bond acceptors (Lipinski definition) is 3. The Bertz CT molecular complexity index is 491. The van der Waals surface area contributed by atoms with E-state index in [1.54, 1.807) is 24.3 Å². The van der Waals surface area contributed by atoms with E-state index in [2.05, 4.69) is 11.8 Å². The van der Waals surface area contributed by atoms with Crippen LogP contribution in [0.4, 0.5) is 0 Å². The van der Waals surface area contributed by atoms with Crippen LogP contribution >= 0.6 is 0 Å². The van der Waals surface area contributed by atoms with E-state index >= 15 is 0 Å². The van der Waals surface area contributed by atoms with E-state index in [-0.39, 0.29) is 11.5 Å². The van der Waals surface area contributed by atoms with Gasteiger partial charge in [-0.3, -0.25) is 4.79 Å². The van der Waals surface area contributed by atoms with Crippen molar-refractivity contribution in [3.63, 3.8) is 0 Å². The van der Waals surface area contributed by atoms with E-state index in [1.165, 1.54) is 0 Å². The van der Waals surface area contributed by atoms with Gasteiger partial charge in [-0.25, -0.2) is 4.79 Å². The average Bonchev–Trinajstić information content (AvgIpc) is 2.53. The molecule has 0 unspecified atom stereocenters. The van der Waals surface area contributed by atoms with E-state index in [4.69, 9.17) is 5.11 Å². The maximum absolute atomic E-state index is 12.2. The molecule has 1 heterocycles. The summed E-state index contributed by atoms with van der Waals surface area (Å²) in [5.41, 5.74) is 1.28. The number of carboxylic acids is 1. The number of nitrogens with zero attached hydrogens (tertiary/aromatic N) is 2. The van der Waals surface area contributed by atoms with Crippen molar-refractivity contribution in [1.29, 1.82) is 0 Å². The molecule has 2 rings (SSSR count). The van der Waals surface area contributed by atoms with Crippen molar-refractivity contribution in [2.24, 2.45) is 0 Å². The highest BCUT2D eigenvalue weighted by Crippen LogP contribution is 2.09. The van der Waals surface area contributed by atoms with Crippen molar-refractivity contribution in [1.82, 2.24) is 9.80 Å². The monoisotopic (exact) mass is 290 g/mol. The van der Waals surface area contributed by atoms with Crippen molar-refractivity contribution in [2.75, 3.05) is 32.7 Å². The SMILES string of the molecule is CCN1CCN(C(=O)CCc2ccc(C(=O)O)cc2)CC1. The molecule has 1 aromatic carbocycles. The molecule has 0 saturated carbocycles. The quantitative estimate of drug-likeness (QED) is 0.892. The average molecular weight is 290 g/mol. The van der Waals surface area contributed by atoms with Crippen LogP contribution in [0.1, 0.15) is 29.3 Å². The number of benzene rings is 1. The molecule has 0 atom stereocenters. The number of piperazine rings is 1.